The van der Waals surface area contributed by atoms with Gasteiger partial charge in [-0.2, -0.15) is 23.3 Å². The summed E-state index contributed by atoms with van der Waals surface area (Å²) in [5.41, 5.74) is -1.52. The van der Waals surface area contributed by atoms with Gasteiger partial charge in [0.1, 0.15) is 0 Å². The van der Waals surface area contributed by atoms with Gasteiger partial charge in [-0.1, -0.05) is 17.7 Å². The molecule has 0 spiro atoms. The number of alkyl halides is 3. The minimum atomic E-state index is -4.83. The molecule has 0 saturated carbocycles. The minimum Gasteiger partial charge on any atom is -0.504 e. The maximum Gasteiger partial charge on any atom is 0.435 e. The predicted molar refractivity (Wildman–Crippen MR) is 99.7 cm³/mol. The second kappa shape index (κ2) is 7.55. The van der Waals surface area contributed by atoms with Crippen LogP contribution in [0.25, 0.3) is 6.08 Å². The van der Waals surface area contributed by atoms with Crippen molar-refractivity contribution in [2.24, 2.45) is 5.10 Å². The van der Waals surface area contributed by atoms with Gasteiger partial charge >= 0.3 is 6.18 Å². The molecule has 0 aliphatic carbocycles. The van der Waals surface area contributed by atoms with Crippen molar-refractivity contribution in [2.45, 2.75) is 13.1 Å². The first-order valence-electron chi connectivity index (χ1n) is 8.14. The average molecular weight is 411 g/mol. The van der Waals surface area contributed by atoms with Crippen LogP contribution < -0.4 is 9.75 Å². The summed E-state index contributed by atoms with van der Waals surface area (Å²) in [6.45, 7) is 1.95. The van der Waals surface area contributed by atoms with E-state index in [-0.39, 0.29) is 29.4 Å². The Labute approximate surface area is 163 Å². The van der Waals surface area contributed by atoms with E-state index >= 15 is 0 Å². The Morgan fingerprint density at radius 3 is 2.50 bits per heavy atom. The lowest BCUT2D eigenvalue weighted by Gasteiger charge is -2.11. The first kappa shape index (κ1) is 19.8. The number of hydrazone groups is 1. The smallest absolute Gasteiger partial charge is 0.435 e. The highest BCUT2D eigenvalue weighted by molar-refractivity contribution is 6.34. The lowest BCUT2D eigenvalue weighted by molar-refractivity contribution is -0.114. The molecule has 28 heavy (non-hydrogen) atoms. The van der Waals surface area contributed by atoms with Crippen molar-refractivity contribution in [3.63, 3.8) is 0 Å². The number of anilines is 1. The zero-order valence-electron chi connectivity index (χ0n) is 14.5. The van der Waals surface area contributed by atoms with E-state index < -0.39 is 23.4 Å². The van der Waals surface area contributed by atoms with Crippen molar-refractivity contribution in [3.05, 3.63) is 58.6 Å². The summed E-state index contributed by atoms with van der Waals surface area (Å²) in [6, 6.07) is 9.68. The highest BCUT2D eigenvalue weighted by atomic mass is 35.5. The van der Waals surface area contributed by atoms with Crippen LogP contribution in [0.1, 0.15) is 12.5 Å². The standard InChI is InChI=1S/C19H14ClF3N2O3/c1-2-28-16-10-11(3-8-15(16)26)9-14-17(19(21,22)23)24-25(18(14)27)13-6-4-12(20)5-7-13/h3-10,26H,2H2,1H3. The number of phenolic OH excluding ortho intramolecular Hbond substituents is 1. The number of phenols is 1. The van der Waals surface area contributed by atoms with Crippen LogP contribution in [-0.4, -0.2) is 29.5 Å². The molecular weight excluding hydrogens is 397 g/mol. The molecule has 1 aliphatic heterocycles. The second-order valence-electron chi connectivity index (χ2n) is 5.76. The molecule has 0 fully saturated rings. The number of nitrogens with zero attached hydrogens (tertiary/aromatic N) is 2. The van der Waals surface area contributed by atoms with Crippen molar-refractivity contribution < 1.29 is 27.8 Å². The van der Waals surface area contributed by atoms with Gasteiger partial charge in [0.25, 0.3) is 5.91 Å². The van der Waals surface area contributed by atoms with Gasteiger partial charge in [-0.05, 0) is 55.0 Å². The summed E-state index contributed by atoms with van der Waals surface area (Å²) in [4.78, 5) is 12.7. The first-order chi connectivity index (χ1) is 13.2. The molecule has 146 valence electrons. The molecule has 1 amide bonds. The summed E-state index contributed by atoms with van der Waals surface area (Å²) in [7, 11) is 0. The molecule has 1 heterocycles. The molecular formula is C19H14ClF3N2O3. The number of hydrogen-bond donors (Lipinski definition) is 1. The molecule has 3 rings (SSSR count). The number of rotatable bonds is 4. The van der Waals surface area contributed by atoms with Crippen molar-refractivity contribution in [1.82, 2.24) is 0 Å². The largest absolute Gasteiger partial charge is 0.504 e. The molecule has 0 aromatic heterocycles. The Kier molecular flexibility index (Phi) is 5.33. The Hall–Kier alpha value is -3.00. The van der Waals surface area contributed by atoms with Gasteiger partial charge in [0.15, 0.2) is 17.2 Å². The summed E-state index contributed by atoms with van der Waals surface area (Å²) < 4.78 is 45.6. The van der Waals surface area contributed by atoms with E-state index in [2.05, 4.69) is 5.10 Å². The first-order valence-corrected chi connectivity index (χ1v) is 8.52. The van der Waals surface area contributed by atoms with Gasteiger partial charge < -0.3 is 9.84 Å². The second-order valence-corrected chi connectivity index (χ2v) is 6.19. The van der Waals surface area contributed by atoms with Crippen molar-refractivity contribution in [2.75, 3.05) is 11.6 Å². The number of amides is 1. The van der Waals surface area contributed by atoms with Crippen molar-refractivity contribution >= 4 is 35.0 Å². The number of halogens is 4. The fourth-order valence-corrected chi connectivity index (χ4v) is 2.70. The van der Waals surface area contributed by atoms with Crippen LogP contribution in [0.2, 0.25) is 5.02 Å². The summed E-state index contributed by atoms with van der Waals surface area (Å²) >= 11 is 5.78. The molecule has 2 aromatic carbocycles. The quantitative estimate of drug-likeness (QED) is 0.737. The van der Waals surface area contributed by atoms with Crippen LogP contribution in [0, 0.1) is 0 Å². The Balaban J connectivity index is 2.05. The van der Waals surface area contributed by atoms with E-state index in [1.165, 1.54) is 42.5 Å². The number of carbonyl (C=O) groups excluding carboxylic acids is 1. The van der Waals surface area contributed by atoms with Crippen LogP contribution in [0.4, 0.5) is 18.9 Å². The van der Waals surface area contributed by atoms with Crippen molar-refractivity contribution in [3.8, 4) is 11.5 Å². The van der Waals surface area contributed by atoms with Gasteiger partial charge in [-0.15, -0.1) is 0 Å². The topological polar surface area (TPSA) is 62.1 Å². The van der Waals surface area contributed by atoms with E-state index in [0.717, 1.165) is 6.08 Å². The lowest BCUT2D eigenvalue weighted by Crippen LogP contribution is -2.25. The number of hydrogen-bond acceptors (Lipinski definition) is 4. The lowest BCUT2D eigenvalue weighted by atomic mass is 10.1. The molecule has 0 bridgehead atoms. The van der Waals surface area contributed by atoms with Gasteiger partial charge in [0.05, 0.1) is 17.9 Å². The number of ether oxygens (including phenoxy) is 1. The van der Waals surface area contributed by atoms with Gasteiger partial charge in [0, 0.05) is 5.02 Å². The summed E-state index contributed by atoms with van der Waals surface area (Å²) in [5, 5.41) is 14.3. The fourth-order valence-electron chi connectivity index (χ4n) is 2.57. The van der Waals surface area contributed by atoms with E-state index in [4.69, 9.17) is 16.3 Å². The number of carbonyl (C=O) groups is 1. The third-order valence-electron chi connectivity index (χ3n) is 3.81. The Morgan fingerprint density at radius 2 is 1.89 bits per heavy atom. The van der Waals surface area contributed by atoms with Gasteiger partial charge in [0.2, 0.25) is 0 Å². The zero-order chi connectivity index (χ0) is 20.5. The normalized spacial score (nSPS) is 15.9. The molecule has 1 N–H and O–H groups in total. The van der Waals surface area contributed by atoms with Gasteiger partial charge in [-0.25, -0.2) is 0 Å². The molecule has 5 nitrogen and oxygen atoms in total. The van der Waals surface area contributed by atoms with E-state index in [1.54, 1.807) is 6.92 Å². The van der Waals surface area contributed by atoms with Crippen LogP contribution in [0.5, 0.6) is 11.5 Å². The average Bonchev–Trinajstić information content (AvgIpc) is 2.96. The minimum absolute atomic E-state index is 0.0994. The SMILES string of the molecule is CCOc1cc(C=C2C(=O)N(c3ccc(Cl)cc3)N=C2C(F)(F)F)ccc1O. The maximum absolute atomic E-state index is 13.5. The molecule has 9 heteroatoms. The molecule has 0 atom stereocenters. The molecule has 2 aromatic rings. The predicted octanol–water partition coefficient (Wildman–Crippen LogP) is 4.79. The number of aromatic hydroxyl groups is 1. The van der Waals surface area contributed by atoms with Crippen LogP contribution >= 0.6 is 11.6 Å². The summed E-state index contributed by atoms with van der Waals surface area (Å²) in [6.07, 6.45) is -3.77. The van der Waals surface area contributed by atoms with Crippen LogP contribution in [0.15, 0.2) is 53.1 Å². The third-order valence-corrected chi connectivity index (χ3v) is 4.06. The highest BCUT2D eigenvalue weighted by Crippen LogP contribution is 2.34. The monoisotopic (exact) mass is 410 g/mol. The van der Waals surface area contributed by atoms with Crippen LogP contribution in [0.3, 0.4) is 0 Å². The van der Waals surface area contributed by atoms with Crippen LogP contribution in [-0.2, 0) is 4.79 Å². The van der Waals surface area contributed by atoms with Crippen molar-refractivity contribution in [1.29, 1.82) is 0 Å². The molecule has 1 aliphatic rings. The molecule has 0 saturated heterocycles. The maximum atomic E-state index is 13.5. The van der Waals surface area contributed by atoms with E-state index in [0.29, 0.717) is 10.0 Å². The van der Waals surface area contributed by atoms with E-state index in [1.807, 2.05) is 0 Å². The van der Waals surface area contributed by atoms with Gasteiger partial charge in [-0.3, -0.25) is 4.79 Å². The zero-order valence-corrected chi connectivity index (χ0v) is 15.3. The molecule has 0 unspecified atom stereocenters. The third kappa shape index (κ3) is 3.96. The fraction of sp³-hybridized carbons (Fsp3) is 0.158. The number of benzene rings is 2. The Bertz CT molecular complexity index is 969. The molecule has 0 radical (unpaired) electrons. The van der Waals surface area contributed by atoms with E-state index in [9.17, 15) is 23.1 Å². The summed E-state index contributed by atoms with van der Waals surface area (Å²) in [5.74, 6) is -0.989. The highest BCUT2D eigenvalue weighted by Gasteiger charge is 2.46. The Morgan fingerprint density at radius 1 is 1.21 bits per heavy atom.